The van der Waals surface area contributed by atoms with Crippen molar-refractivity contribution in [3.63, 3.8) is 0 Å². The van der Waals surface area contributed by atoms with Gasteiger partial charge in [0.15, 0.2) is 9.84 Å². The Morgan fingerprint density at radius 3 is 2.65 bits per heavy atom. The molecule has 1 aromatic carbocycles. The zero-order valence-electron chi connectivity index (χ0n) is 14.5. The highest BCUT2D eigenvalue weighted by atomic mass is 32.2. The number of rotatable bonds is 11. The van der Waals surface area contributed by atoms with Gasteiger partial charge in [0, 0.05) is 0 Å². The van der Waals surface area contributed by atoms with Gasteiger partial charge >= 0.3 is 0 Å². The molecule has 0 bridgehead atoms. The first-order valence-corrected chi connectivity index (χ1v) is 10.8. The molecule has 0 saturated heterocycles. The third-order valence-electron chi connectivity index (χ3n) is 4.52. The molecule has 130 valence electrons. The molecule has 23 heavy (non-hydrogen) atoms. The van der Waals surface area contributed by atoms with E-state index >= 15 is 0 Å². The second-order valence-corrected chi connectivity index (χ2v) is 8.98. The van der Waals surface area contributed by atoms with Gasteiger partial charge in [0.1, 0.15) is 5.75 Å². The summed E-state index contributed by atoms with van der Waals surface area (Å²) in [5.41, 5.74) is 1.08. The molecule has 1 atom stereocenters. The van der Waals surface area contributed by atoms with E-state index in [0.717, 1.165) is 49.5 Å². The third kappa shape index (κ3) is 6.54. The molecule has 1 fully saturated rings. The highest BCUT2D eigenvalue weighted by Crippen LogP contribution is 2.30. The van der Waals surface area contributed by atoms with Crippen LogP contribution in [0.5, 0.6) is 5.75 Å². The second-order valence-electron chi connectivity index (χ2n) is 6.75. The number of hydrogen-bond donors (Lipinski definition) is 0. The van der Waals surface area contributed by atoms with Crippen molar-refractivity contribution in [2.24, 2.45) is 5.92 Å². The van der Waals surface area contributed by atoms with Gasteiger partial charge in [-0.05, 0) is 55.2 Å². The van der Waals surface area contributed by atoms with E-state index in [1.807, 2.05) is 24.3 Å². The summed E-state index contributed by atoms with van der Waals surface area (Å²) in [6.07, 6.45) is 6.19. The predicted octanol–water partition coefficient (Wildman–Crippen LogP) is 4.57. The lowest BCUT2D eigenvalue weighted by Crippen LogP contribution is -2.17. The summed E-state index contributed by atoms with van der Waals surface area (Å²) in [7, 11) is -2.98. The number of benzene rings is 1. The summed E-state index contributed by atoms with van der Waals surface area (Å²) < 4.78 is 30.5. The Hall–Kier alpha value is -1.03. The highest BCUT2D eigenvalue weighted by molar-refractivity contribution is 7.91. The number of sulfone groups is 1. The molecular weight excluding hydrogens is 308 g/mol. The molecule has 0 spiro atoms. The maximum atomic E-state index is 12.3. The summed E-state index contributed by atoms with van der Waals surface area (Å²) in [6, 6.07) is 8.00. The molecule has 1 aliphatic rings. The smallest absolute Gasteiger partial charge is 0.150 e. The Balaban J connectivity index is 1.97. The fourth-order valence-electron chi connectivity index (χ4n) is 2.77. The molecule has 0 radical (unpaired) electrons. The Morgan fingerprint density at radius 2 is 2.00 bits per heavy atom. The summed E-state index contributed by atoms with van der Waals surface area (Å²) >= 11 is 0. The van der Waals surface area contributed by atoms with E-state index in [1.54, 1.807) is 0 Å². The molecule has 0 amide bonds. The monoisotopic (exact) mass is 338 g/mol. The Labute approximate surface area is 141 Å². The zero-order chi connectivity index (χ0) is 16.7. The second kappa shape index (κ2) is 8.72. The third-order valence-corrected chi connectivity index (χ3v) is 6.34. The van der Waals surface area contributed by atoms with E-state index in [1.165, 1.54) is 12.8 Å². The first-order valence-electron chi connectivity index (χ1n) is 8.97. The largest absolute Gasteiger partial charge is 0.493 e. The van der Waals surface area contributed by atoms with Crippen molar-refractivity contribution in [2.75, 3.05) is 18.1 Å². The molecule has 3 nitrogen and oxygen atoms in total. The number of hydrogen-bond acceptors (Lipinski definition) is 3. The van der Waals surface area contributed by atoms with Gasteiger partial charge in [-0.15, -0.1) is 0 Å². The van der Waals surface area contributed by atoms with Crippen LogP contribution in [0.3, 0.4) is 0 Å². The summed E-state index contributed by atoms with van der Waals surface area (Å²) in [5, 5.41) is 0. The molecule has 0 N–H and O–H groups in total. The Morgan fingerprint density at radius 1 is 1.22 bits per heavy atom. The topological polar surface area (TPSA) is 43.4 Å². The fraction of sp³-hybridized carbons (Fsp3) is 0.684. The van der Waals surface area contributed by atoms with Crippen LogP contribution in [0.2, 0.25) is 0 Å². The molecule has 0 unspecified atom stereocenters. The van der Waals surface area contributed by atoms with Crippen LogP contribution in [0.1, 0.15) is 63.9 Å². The summed E-state index contributed by atoms with van der Waals surface area (Å²) in [6.45, 7) is 4.94. The molecule has 2 rings (SSSR count). The van der Waals surface area contributed by atoms with E-state index in [2.05, 4.69) is 13.8 Å². The van der Waals surface area contributed by atoms with Crippen molar-refractivity contribution in [3.05, 3.63) is 29.8 Å². The highest BCUT2D eigenvalue weighted by Gasteiger charge is 2.22. The quantitative estimate of drug-likeness (QED) is 0.555. The van der Waals surface area contributed by atoms with Crippen LogP contribution in [0.15, 0.2) is 24.3 Å². The van der Waals surface area contributed by atoms with Crippen LogP contribution in [0.4, 0.5) is 0 Å². The maximum absolute atomic E-state index is 12.3. The van der Waals surface area contributed by atoms with Crippen LogP contribution in [0.25, 0.3) is 0 Å². The Kier molecular flexibility index (Phi) is 6.94. The van der Waals surface area contributed by atoms with Gasteiger partial charge in [0.2, 0.25) is 0 Å². The molecule has 4 heteroatoms. The van der Waals surface area contributed by atoms with Gasteiger partial charge in [-0.3, -0.25) is 0 Å². The van der Waals surface area contributed by atoms with Gasteiger partial charge in [0.25, 0.3) is 0 Å². The molecule has 0 aromatic heterocycles. The van der Waals surface area contributed by atoms with Crippen molar-refractivity contribution in [2.45, 2.75) is 58.3 Å². The average Bonchev–Trinajstić information content (AvgIpc) is 3.35. The average molecular weight is 339 g/mol. The molecule has 0 aliphatic heterocycles. The van der Waals surface area contributed by atoms with Gasteiger partial charge in [0.05, 0.1) is 18.1 Å². The minimum Gasteiger partial charge on any atom is -0.493 e. The SMILES string of the molecule is CCCCCS(=O)(=O)C[C@H](CC)c1cccc(OCC2CC2)c1. The molecule has 0 heterocycles. The maximum Gasteiger partial charge on any atom is 0.150 e. The fourth-order valence-corrected chi connectivity index (χ4v) is 4.62. The number of ether oxygens (including phenoxy) is 1. The van der Waals surface area contributed by atoms with Crippen molar-refractivity contribution in [1.29, 1.82) is 0 Å². The molecule has 1 saturated carbocycles. The van der Waals surface area contributed by atoms with Gasteiger partial charge in [-0.25, -0.2) is 8.42 Å². The van der Waals surface area contributed by atoms with Gasteiger partial charge in [-0.1, -0.05) is 38.8 Å². The lowest BCUT2D eigenvalue weighted by molar-refractivity contribution is 0.299. The van der Waals surface area contributed by atoms with Gasteiger partial charge in [-0.2, -0.15) is 0 Å². The lowest BCUT2D eigenvalue weighted by Gasteiger charge is -2.17. The van der Waals surface area contributed by atoms with E-state index in [9.17, 15) is 8.42 Å². The van der Waals surface area contributed by atoms with Crippen molar-refractivity contribution in [1.82, 2.24) is 0 Å². The lowest BCUT2D eigenvalue weighted by atomic mass is 9.98. The number of unbranched alkanes of at least 4 members (excludes halogenated alkanes) is 2. The van der Waals surface area contributed by atoms with E-state index in [-0.39, 0.29) is 11.7 Å². The van der Waals surface area contributed by atoms with Crippen molar-refractivity contribution >= 4 is 9.84 Å². The van der Waals surface area contributed by atoms with E-state index in [4.69, 9.17) is 4.74 Å². The predicted molar refractivity (Wildman–Crippen MR) is 95.9 cm³/mol. The minimum absolute atomic E-state index is 0.0612. The van der Waals surface area contributed by atoms with Crippen LogP contribution < -0.4 is 4.74 Å². The summed E-state index contributed by atoms with van der Waals surface area (Å²) in [5.74, 6) is 2.22. The van der Waals surface area contributed by atoms with Crippen LogP contribution in [-0.4, -0.2) is 26.5 Å². The molecule has 1 aliphatic carbocycles. The van der Waals surface area contributed by atoms with Crippen LogP contribution in [0, 0.1) is 5.92 Å². The minimum atomic E-state index is -2.98. The van der Waals surface area contributed by atoms with Crippen molar-refractivity contribution in [3.8, 4) is 5.75 Å². The van der Waals surface area contributed by atoms with E-state index < -0.39 is 9.84 Å². The van der Waals surface area contributed by atoms with Crippen LogP contribution >= 0.6 is 0 Å². The molecule has 1 aromatic rings. The summed E-state index contributed by atoms with van der Waals surface area (Å²) in [4.78, 5) is 0. The first-order chi connectivity index (χ1) is 11.0. The van der Waals surface area contributed by atoms with E-state index in [0.29, 0.717) is 5.75 Å². The standard InChI is InChI=1S/C19H30O3S/c1-3-5-6-12-23(20,21)15-17(4-2)18-8-7-9-19(13-18)22-14-16-10-11-16/h7-9,13,16-17H,3-6,10-12,14-15H2,1-2H3/t17-/m0/s1. The normalized spacial score (nSPS) is 16.3. The molecular formula is C19H30O3S. The Bertz CT molecular complexity index is 576. The van der Waals surface area contributed by atoms with Crippen LogP contribution in [-0.2, 0) is 9.84 Å². The van der Waals surface area contributed by atoms with Gasteiger partial charge < -0.3 is 4.74 Å². The zero-order valence-corrected chi connectivity index (χ0v) is 15.3. The van der Waals surface area contributed by atoms with Crippen molar-refractivity contribution < 1.29 is 13.2 Å². The first kappa shape index (κ1) is 18.3.